The van der Waals surface area contributed by atoms with Gasteiger partial charge in [0.2, 0.25) is 0 Å². The minimum Gasteiger partial charge on any atom is -0.466 e. The van der Waals surface area contributed by atoms with Crippen molar-refractivity contribution in [1.82, 2.24) is 9.55 Å². The number of carbonyl (C=O) groups excluding carboxylic acids is 1. The molecule has 0 unspecified atom stereocenters. The van der Waals surface area contributed by atoms with Gasteiger partial charge in [0, 0.05) is 17.5 Å². The molecular formula is C30H32N2O3. The van der Waals surface area contributed by atoms with Gasteiger partial charge in [-0.05, 0) is 31.9 Å². The van der Waals surface area contributed by atoms with Crippen LogP contribution in [-0.2, 0) is 9.53 Å². The molecule has 0 atom stereocenters. The third kappa shape index (κ3) is 6.38. The van der Waals surface area contributed by atoms with Crippen molar-refractivity contribution in [1.29, 1.82) is 0 Å². The molecule has 4 aromatic rings. The lowest BCUT2D eigenvalue weighted by Gasteiger charge is -2.13. The minimum atomic E-state index is -0.115. The van der Waals surface area contributed by atoms with Crippen LogP contribution in [0.2, 0.25) is 0 Å². The summed E-state index contributed by atoms with van der Waals surface area (Å²) in [5.74, 6) is -0.115. The topological polar surface area (TPSA) is 53.4 Å². The second-order valence-electron chi connectivity index (χ2n) is 8.31. The first-order chi connectivity index (χ1) is 17.3. The number of aromatic nitrogens is 2. The molecule has 5 nitrogen and oxygen atoms in total. The normalized spacial score (nSPS) is 10.8. The van der Waals surface area contributed by atoms with E-state index in [1.54, 1.807) is 0 Å². The van der Waals surface area contributed by atoms with E-state index >= 15 is 0 Å². The molecule has 0 saturated heterocycles. The monoisotopic (exact) mass is 468 g/mol. The predicted octanol–water partition coefficient (Wildman–Crippen LogP) is 7.10. The molecule has 0 fully saturated rings. The number of esters is 1. The zero-order chi connectivity index (χ0) is 24.3. The lowest BCUT2D eigenvalue weighted by Crippen LogP contribution is -2.06. The van der Waals surface area contributed by atoms with Crippen LogP contribution in [0.25, 0.3) is 28.2 Å². The number of rotatable bonds is 12. The Morgan fingerprint density at radius 1 is 0.771 bits per heavy atom. The molecular weight excluding hydrogens is 436 g/mol. The summed E-state index contributed by atoms with van der Waals surface area (Å²) in [7, 11) is 0. The Hall–Kier alpha value is -3.86. The van der Waals surface area contributed by atoms with Gasteiger partial charge in [-0.2, -0.15) is 4.98 Å². The van der Waals surface area contributed by atoms with Crippen LogP contribution in [0.15, 0.2) is 91.0 Å². The van der Waals surface area contributed by atoms with Gasteiger partial charge in [-0.25, -0.2) is 0 Å². The van der Waals surface area contributed by atoms with Crippen LogP contribution in [0, 0.1) is 0 Å². The summed E-state index contributed by atoms with van der Waals surface area (Å²) in [5.41, 5.74) is 5.03. The smallest absolute Gasteiger partial charge is 0.305 e. The van der Waals surface area contributed by atoms with Crippen molar-refractivity contribution in [2.24, 2.45) is 0 Å². The standard InChI is InChI=1S/C30H32N2O3/c1-2-34-27(33)22-14-3-4-15-23-35-30-31-28(24-16-8-5-9-17-24)29(25-18-10-6-11-19-25)32(30)26-20-12-7-13-21-26/h5-13,16-21H,2-4,14-15,22-23H2,1H3. The lowest BCUT2D eigenvalue weighted by atomic mass is 10.0. The van der Waals surface area contributed by atoms with Gasteiger partial charge in [-0.1, -0.05) is 91.7 Å². The number of benzene rings is 3. The highest BCUT2D eigenvalue weighted by atomic mass is 16.5. The summed E-state index contributed by atoms with van der Waals surface area (Å²) in [5, 5.41) is 0. The highest BCUT2D eigenvalue weighted by Gasteiger charge is 2.22. The highest BCUT2D eigenvalue weighted by Crippen LogP contribution is 2.37. The molecule has 5 heteroatoms. The molecule has 0 aliphatic rings. The Labute approximate surface area is 207 Å². The fraction of sp³-hybridized carbons (Fsp3) is 0.267. The first kappa shape index (κ1) is 24.3. The Bertz CT molecular complexity index is 1190. The fourth-order valence-corrected chi connectivity index (χ4v) is 4.09. The maximum absolute atomic E-state index is 11.5. The molecule has 1 heterocycles. The zero-order valence-electron chi connectivity index (χ0n) is 20.2. The number of hydrogen-bond donors (Lipinski definition) is 0. The summed E-state index contributed by atoms with van der Waals surface area (Å²) in [6.45, 7) is 2.84. The molecule has 3 aromatic carbocycles. The van der Waals surface area contributed by atoms with Crippen molar-refractivity contribution >= 4 is 5.97 Å². The maximum Gasteiger partial charge on any atom is 0.305 e. The molecule has 0 saturated carbocycles. The maximum atomic E-state index is 11.5. The number of hydrogen-bond acceptors (Lipinski definition) is 4. The molecule has 35 heavy (non-hydrogen) atoms. The van der Waals surface area contributed by atoms with Gasteiger partial charge >= 0.3 is 12.0 Å². The summed E-state index contributed by atoms with van der Waals surface area (Å²) in [6, 6.07) is 31.4. The van der Waals surface area contributed by atoms with E-state index in [1.807, 2.05) is 61.5 Å². The van der Waals surface area contributed by atoms with E-state index in [-0.39, 0.29) is 5.97 Å². The van der Waals surface area contributed by atoms with Gasteiger partial charge in [0.25, 0.3) is 0 Å². The summed E-state index contributed by atoms with van der Waals surface area (Å²) in [6.07, 6.45) is 4.18. The van der Waals surface area contributed by atoms with Crippen molar-refractivity contribution in [3.8, 4) is 34.2 Å². The van der Waals surface area contributed by atoms with Gasteiger partial charge in [0.05, 0.1) is 24.6 Å². The average molecular weight is 469 g/mol. The highest BCUT2D eigenvalue weighted by molar-refractivity contribution is 5.81. The van der Waals surface area contributed by atoms with E-state index in [0.29, 0.717) is 25.6 Å². The largest absolute Gasteiger partial charge is 0.466 e. The molecule has 1 aromatic heterocycles. The molecule has 0 bridgehead atoms. The zero-order valence-corrected chi connectivity index (χ0v) is 20.2. The molecule has 180 valence electrons. The molecule has 0 amide bonds. The van der Waals surface area contributed by atoms with E-state index in [9.17, 15) is 4.79 Å². The molecule has 0 N–H and O–H groups in total. The van der Waals surface area contributed by atoms with Crippen molar-refractivity contribution in [3.63, 3.8) is 0 Å². The molecule has 0 radical (unpaired) electrons. The Balaban J connectivity index is 1.57. The van der Waals surface area contributed by atoms with Crippen molar-refractivity contribution in [2.75, 3.05) is 13.2 Å². The third-order valence-electron chi connectivity index (χ3n) is 5.77. The van der Waals surface area contributed by atoms with Crippen LogP contribution >= 0.6 is 0 Å². The second-order valence-corrected chi connectivity index (χ2v) is 8.31. The number of unbranched alkanes of at least 4 members (excludes halogenated alkanes) is 3. The van der Waals surface area contributed by atoms with Crippen LogP contribution in [0.4, 0.5) is 0 Å². The van der Waals surface area contributed by atoms with Crippen LogP contribution in [0.5, 0.6) is 6.01 Å². The lowest BCUT2D eigenvalue weighted by molar-refractivity contribution is -0.143. The second kappa shape index (κ2) is 12.6. The third-order valence-corrected chi connectivity index (χ3v) is 5.77. The van der Waals surface area contributed by atoms with Crippen molar-refractivity contribution in [2.45, 2.75) is 39.0 Å². The number of nitrogens with zero attached hydrogens (tertiary/aromatic N) is 2. The number of ether oxygens (including phenoxy) is 2. The number of imidazole rings is 1. The first-order valence-electron chi connectivity index (χ1n) is 12.4. The molecule has 4 rings (SSSR count). The Kier molecular flexibility index (Phi) is 8.71. The molecule has 0 aliphatic carbocycles. The summed E-state index contributed by atoms with van der Waals surface area (Å²) in [4.78, 5) is 16.5. The van der Waals surface area contributed by atoms with E-state index in [2.05, 4.69) is 41.0 Å². The number of para-hydroxylation sites is 1. The van der Waals surface area contributed by atoms with E-state index in [1.165, 1.54) is 0 Å². The first-order valence-corrected chi connectivity index (χ1v) is 12.4. The van der Waals surface area contributed by atoms with Gasteiger partial charge in [0.15, 0.2) is 0 Å². The van der Waals surface area contributed by atoms with E-state index in [4.69, 9.17) is 14.5 Å². The number of carbonyl (C=O) groups is 1. The average Bonchev–Trinajstić information content (AvgIpc) is 3.29. The Morgan fingerprint density at radius 2 is 1.37 bits per heavy atom. The van der Waals surface area contributed by atoms with Gasteiger partial charge in [0.1, 0.15) is 5.69 Å². The SMILES string of the molecule is CCOC(=O)CCCCCCOc1nc(-c2ccccc2)c(-c2ccccc2)n1-c1ccccc1. The van der Waals surface area contributed by atoms with Crippen LogP contribution in [-0.4, -0.2) is 28.7 Å². The fourth-order valence-electron chi connectivity index (χ4n) is 4.09. The molecule has 0 aliphatic heterocycles. The van der Waals surface area contributed by atoms with Crippen LogP contribution in [0.3, 0.4) is 0 Å². The van der Waals surface area contributed by atoms with Gasteiger partial charge < -0.3 is 9.47 Å². The minimum absolute atomic E-state index is 0.115. The predicted molar refractivity (Wildman–Crippen MR) is 140 cm³/mol. The van der Waals surface area contributed by atoms with Gasteiger partial charge in [-0.15, -0.1) is 0 Å². The van der Waals surface area contributed by atoms with E-state index in [0.717, 1.165) is 53.9 Å². The van der Waals surface area contributed by atoms with Gasteiger partial charge in [-0.3, -0.25) is 9.36 Å². The van der Waals surface area contributed by atoms with Crippen molar-refractivity contribution < 1.29 is 14.3 Å². The van der Waals surface area contributed by atoms with E-state index < -0.39 is 0 Å². The van der Waals surface area contributed by atoms with Crippen LogP contribution < -0.4 is 4.74 Å². The summed E-state index contributed by atoms with van der Waals surface area (Å²) < 4.78 is 13.4. The quantitative estimate of drug-likeness (QED) is 0.164. The van der Waals surface area contributed by atoms with Crippen molar-refractivity contribution in [3.05, 3.63) is 91.0 Å². The van der Waals surface area contributed by atoms with Crippen LogP contribution in [0.1, 0.15) is 39.0 Å². The molecule has 0 spiro atoms. The Morgan fingerprint density at radius 3 is 2.03 bits per heavy atom. The summed E-state index contributed by atoms with van der Waals surface area (Å²) >= 11 is 0.